The molecule has 0 aliphatic carbocycles. The summed E-state index contributed by atoms with van der Waals surface area (Å²) < 4.78 is 13.0. The normalized spacial score (nSPS) is 10.1. The van der Waals surface area contributed by atoms with E-state index in [0.717, 1.165) is 17.8 Å². The molecule has 0 saturated heterocycles. The first-order valence-corrected chi connectivity index (χ1v) is 5.77. The fraction of sp³-hybridized carbons (Fsp3) is 0.231. The number of benzene rings is 1. The van der Waals surface area contributed by atoms with Crippen molar-refractivity contribution in [2.75, 3.05) is 24.2 Å². The molecule has 0 saturated carbocycles. The minimum Gasteiger partial charge on any atom is -0.370 e. The van der Waals surface area contributed by atoms with Gasteiger partial charge in [-0.3, -0.25) is 0 Å². The van der Waals surface area contributed by atoms with Crippen LogP contribution in [-0.4, -0.2) is 23.6 Å². The molecule has 94 valence electrons. The molecular formula is C13H15FN4. The zero-order valence-electron chi connectivity index (χ0n) is 10.2. The van der Waals surface area contributed by atoms with Crippen molar-refractivity contribution in [2.45, 2.75) is 6.42 Å². The Morgan fingerprint density at radius 3 is 2.94 bits per heavy atom. The van der Waals surface area contributed by atoms with Crippen molar-refractivity contribution >= 4 is 11.8 Å². The second-order valence-corrected chi connectivity index (χ2v) is 3.82. The van der Waals surface area contributed by atoms with Crippen LogP contribution in [0.1, 0.15) is 5.56 Å². The molecule has 0 atom stereocenters. The maximum absolute atomic E-state index is 13.0. The molecule has 5 heteroatoms. The van der Waals surface area contributed by atoms with Gasteiger partial charge in [-0.1, -0.05) is 12.1 Å². The van der Waals surface area contributed by atoms with Crippen molar-refractivity contribution in [3.8, 4) is 0 Å². The number of nitrogens with zero attached hydrogens (tertiary/aromatic N) is 2. The lowest BCUT2D eigenvalue weighted by atomic mass is 10.1. The van der Waals surface area contributed by atoms with E-state index >= 15 is 0 Å². The predicted octanol–water partition coefficient (Wildman–Crippen LogP) is 2.31. The number of hydrogen-bond acceptors (Lipinski definition) is 4. The first-order valence-electron chi connectivity index (χ1n) is 5.77. The summed E-state index contributed by atoms with van der Waals surface area (Å²) in [6.07, 6.45) is 2.43. The number of hydrogen-bond donors (Lipinski definition) is 2. The fourth-order valence-corrected chi connectivity index (χ4v) is 1.60. The zero-order chi connectivity index (χ0) is 12.8. The molecule has 2 aromatic rings. The highest BCUT2D eigenvalue weighted by atomic mass is 19.1. The van der Waals surface area contributed by atoms with Gasteiger partial charge in [-0.25, -0.2) is 9.37 Å². The van der Waals surface area contributed by atoms with Gasteiger partial charge in [0.05, 0.1) is 0 Å². The van der Waals surface area contributed by atoms with Crippen LogP contribution in [0.25, 0.3) is 0 Å². The Labute approximate surface area is 105 Å². The van der Waals surface area contributed by atoms with E-state index in [1.807, 2.05) is 6.07 Å². The summed E-state index contributed by atoms with van der Waals surface area (Å²) in [5.41, 5.74) is 0.963. The van der Waals surface area contributed by atoms with Crippen molar-refractivity contribution in [1.29, 1.82) is 0 Å². The zero-order valence-corrected chi connectivity index (χ0v) is 10.2. The van der Waals surface area contributed by atoms with Crippen LogP contribution in [0.5, 0.6) is 0 Å². The summed E-state index contributed by atoms with van der Waals surface area (Å²) >= 11 is 0. The topological polar surface area (TPSA) is 49.8 Å². The molecule has 0 fully saturated rings. The van der Waals surface area contributed by atoms with Gasteiger partial charge in [0.2, 0.25) is 5.95 Å². The van der Waals surface area contributed by atoms with Crippen LogP contribution >= 0.6 is 0 Å². The minimum absolute atomic E-state index is 0.202. The molecule has 0 unspecified atom stereocenters. The number of aromatic nitrogens is 2. The average molecular weight is 246 g/mol. The Bertz CT molecular complexity index is 516. The van der Waals surface area contributed by atoms with Gasteiger partial charge in [-0.05, 0) is 30.2 Å². The highest BCUT2D eigenvalue weighted by Crippen LogP contribution is 2.07. The Morgan fingerprint density at radius 2 is 2.17 bits per heavy atom. The predicted molar refractivity (Wildman–Crippen MR) is 70.2 cm³/mol. The molecule has 0 aliphatic heterocycles. The first-order chi connectivity index (χ1) is 8.78. The summed E-state index contributed by atoms with van der Waals surface area (Å²) in [5.74, 6) is 1.13. The lowest BCUT2D eigenvalue weighted by molar-refractivity contribution is 0.625. The highest BCUT2D eigenvalue weighted by molar-refractivity contribution is 5.39. The monoisotopic (exact) mass is 246 g/mol. The maximum Gasteiger partial charge on any atom is 0.224 e. The number of nitrogens with one attached hydrogen (secondary N) is 2. The van der Waals surface area contributed by atoms with Gasteiger partial charge in [0, 0.05) is 19.8 Å². The Morgan fingerprint density at radius 1 is 1.28 bits per heavy atom. The van der Waals surface area contributed by atoms with Crippen LogP contribution in [0.2, 0.25) is 0 Å². The quantitative estimate of drug-likeness (QED) is 0.850. The van der Waals surface area contributed by atoms with Crippen LogP contribution in [-0.2, 0) is 6.42 Å². The van der Waals surface area contributed by atoms with E-state index in [1.165, 1.54) is 6.07 Å². The lowest BCUT2D eigenvalue weighted by Crippen LogP contribution is -2.07. The average Bonchev–Trinajstić information content (AvgIpc) is 2.39. The molecule has 0 spiro atoms. The Balaban J connectivity index is 1.88. The second-order valence-electron chi connectivity index (χ2n) is 3.82. The van der Waals surface area contributed by atoms with Crippen LogP contribution in [0.4, 0.5) is 16.2 Å². The smallest absolute Gasteiger partial charge is 0.224 e. The van der Waals surface area contributed by atoms with Gasteiger partial charge in [-0.2, -0.15) is 4.98 Å². The summed E-state index contributed by atoms with van der Waals surface area (Å²) in [4.78, 5) is 8.26. The third-order valence-corrected chi connectivity index (χ3v) is 2.49. The molecule has 2 N–H and O–H groups in total. The van der Waals surface area contributed by atoms with Crippen molar-refractivity contribution in [2.24, 2.45) is 0 Å². The van der Waals surface area contributed by atoms with Crippen molar-refractivity contribution in [1.82, 2.24) is 9.97 Å². The van der Waals surface area contributed by atoms with Gasteiger partial charge in [0.15, 0.2) is 0 Å². The number of halogens is 1. The molecular weight excluding hydrogens is 231 g/mol. The molecule has 2 rings (SSSR count). The van der Waals surface area contributed by atoms with Gasteiger partial charge < -0.3 is 10.6 Å². The van der Waals surface area contributed by atoms with E-state index in [4.69, 9.17) is 0 Å². The summed E-state index contributed by atoms with van der Waals surface area (Å²) in [6.45, 7) is 0.698. The third-order valence-electron chi connectivity index (χ3n) is 2.49. The van der Waals surface area contributed by atoms with Crippen LogP contribution in [0, 0.1) is 5.82 Å². The van der Waals surface area contributed by atoms with Crippen molar-refractivity contribution < 1.29 is 4.39 Å². The molecule has 1 aromatic carbocycles. The minimum atomic E-state index is -0.202. The van der Waals surface area contributed by atoms with Gasteiger partial charge in [0.25, 0.3) is 0 Å². The third kappa shape index (κ3) is 3.41. The molecule has 0 radical (unpaired) electrons. The molecule has 1 heterocycles. The standard InChI is InChI=1S/C13H15FN4/c1-15-13-17-8-6-12(18-13)16-7-5-10-3-2-4-11(14)9-10/h2-4,6,8-9H,5,7H2,1H3,(H2,15,16,17,18). The van der Waals surface area contributed by atoms with Crippen molar-refractivity contribution in [3.63, 3.8) is 0 Å². The highest BCUT2D eigenvalue weighted by Gasteiger charge is 1.98. The molecule has 0 amide bonds. The molecule has 0 aliphatic rings. The Kier molecular flexibility index (Phi) is 4.06. The Hall–Kier alpha value is -2.17. The lowest BCUT2D eigenvalue weighted by Gasteiger charge is -2.06. The van der Waals surface area contributed by atoms with Gasteiger partial charge >= 0.3 is 0 Å². The van der Waals surface area contributed by atoms with E-state index in [-0.39, 0.29) is 5.82 Å². The van der Waals surface area contributed by atoms with Gasteiger partial charge in [-0.15, -0.1) is 0 Å². The SMILES string of the molecule is CNc1nccc(NCCc2cccc(F)c2)n1. The van der Waals surface area contributed by atoms with E-state index < -0.39 is 0 Å². The van der Waals surface area contributed by atoms with E-state index in [9.17, 15) is 4.39 Å². The van der Waals surface area contributed by atoms with Gasteiger partial charge in [0.1, 0.15) is 11.6 Å². The summed E-state index contributed by atoms with van der Waals surface area (Å²) in [5, 5.41) is 6.04. The summed E-state index contributed by atoms with van der Waals surface area (Å²) in [6, 6.07) is 8.41. The first kappa shape index (κ1) is 12.3. The summed E-state index contributed by atoms with van der Waals surface area (Å²) in [7, 11) is 1.77. The van der Waals surface area contributed by atoms with E-state index in [1.54, 1.807) is 31.4 Å². The fourth-order valence-electron chi connectivity index (χ4n) is 1.60. The number of rotatable bonds is 5. The van der Waals surface area contributed by atoms with Crippen LogP contribution < -0.4 is 10.6 Å². The van der Waals surface area contributed by atoms with Crippen LogP contribution in [0.15, 0.2) is 36.5 Å². The number of anilines is 2. The van der Waals surface area contributed by atoms with Crippen molar-refractivity contribution in [3.05, 3.63) is 47.9 Å². The maximum atomic E-state index is 13.0. The van der Waals surface area contributed by atoms with E-state index in [0.29, 0.717) is 12.5 Å². The van der Waals surface area contributed by atoms with Crippen LogP contribution in [0.3, 0.4) is 0 Å². The largest absolute Gasteiger partial charge is 0.370 e. The molecule has 4 nitrogen and oxygen atoms in total. The second kappa shape index (κ2) is 5.95. The molecule has 1 aromatic heterocycles. The molecule has 0 bridgehead atoms. The van der Waals surface area contributed by atoms with E-state index in [2.05, 4.69) is 20.6 Å². The molecule has 18 heavy (non-hydrogen) atoms.